The molecule has 3 rings (SSSR count). The Hall–Kier alpha value is -2.37. The van der Waals surface area contributed by atoms with Crippen molar-refractivity contribution in [2.45, 2.75) is 38.8 Å². The van der Waals surface area contributed by atoms with Gasteiger partial charge in [0.25, 0.3) is 0 Å². The molecule has 2 amide bonds. The third-order valence-corrected chi connectivity index (χ3v) is 3.86. The van der Waals surface area contributed by atoms with Crippen LogP contribution in [0.4, 0.5) is 4.79 Å². The van der Waals surface area contributed by atoms with Crippen molar-refractivity contribution >= 4 is 17.1 Å². The summed E-state index contributed by atoms with van der Waals surface area (Å²) in [5.74, 6) is 0.550. The van der Waals surface area contributed by atoms with E-state index in [-0.39, 0.29) is 18.2 Å². The van der Waals surface area contributed by atoms with Gasteiger partial charge >= 0.3 is 6.03 Å². The summed E-state index contributed by atoms with van der Waals surface area (Å²) in [5.41, 5.74) is 1.69. The summed E-state index contributed by atoms with van der Waals surface area (Å²) in [4.78, 5) is 22.7. The Bertz CT molecular complexity index is 681. The molecule has 23 heavy (non-hydrogen) atoms. The van der Waals surface area contributed by atoms with Gasteiger partial charge in [0.15, 0.2) is 0 Å². The zero-order chi connectivity index (χ0) is 16.2. The molecule has 0 saturated carbocycles. The van der Waals surface area contributed by atoms with Crippen LogP contribution >= 0.6 is 0 Å². The Morgan fingerprint density at radius 3 is 2.65 bits per heavy atom. The second-order valence-corrected chi connectivity index (χ2v) is 6.11. The molecule has 0 spiro atoms. The smallest absolute Gasteiger partial charge is 0.317 e. The fourth-order valence-corrected chi connectivity index (χ4v) is 2.68. The van der Waals surface area contributed by atoms with E-state index >= 15 is 0 Å². The Morgan fingerprint density at radius 2 is 1.96 bits per heavy atom. The first-order chi connectivity index (χ1) is 11.1. The van der Waals surface area contributed by atoms with Gasteiger partial charge in [-0.1, -0.05) is 12.1 Å². The summed E-state index contributed by atoms with van der Waals surface area (Å²) in [6, 6.07) is 7.89. The van der Waals surface area contributed by atoms with Gasteiger partial charge < -0.3 is 15.0 Å². The Morgan fingerprint density at radius 1 is 1.26 bits per heavy atom. The average molecular weight is 314 g/mol. The Balaban J connectivity index is 1.56. The summed E-state index contributed by atoms with van der Waals surface area (Å²) in [7, 11) is 0. The quantitative estimate of drug-likeness (QED) is 0.945. The summed E-state index contributed by atoms with van der Waals surface area (Å²) in [6.45, 7) is 5.33. The largest absolute Gasteiger partial charge is 0.473 e. The number of fused-ring (bicyclic) bond motifs is 1. The number of piperidine rings is 1. The summed E-state index contributed by atoms with van der Waals surface area (Å²) in [6.07, 6.45) is 3.36. The number of nitrogens with zero attached hydrogens (tertiary/aromatic N) is 3. The monoisotopic (exact) mass is 314 g/mol. The van der Waals surface area contributed by atoms with Gasteiger partial charge in [-0.15, -0.1) is 0 Å². The highest BCUT2D eigenvalue weighted by Gasteiger charge is 2.24. The number of aromatic nitrogens is 2. The van der Waals surface area contributed by atoms with E-state index in [2.05, 4.69) is 15.3 Å². The van der Waals surface area contributed by atoms with Crippen LogP contribution in [-0.2, 0) is 0 Å². The van der Waals surface area contributed by atoms with Crippen molar-refractivity contribution in [1.29, 1.82) is 0 Å². The number of carbonyl (C=O) groups is 1. The summed E-state index contributed by atoms with van der Waals surface area (Å²) in [5, 5.41) is 2.92. The SMILES string of the molecule is CC(C)NC(=O)N1CCC(Oc2cnc3ccccc3n2)CC1. The molecule has 1 aliphatic heterocycles. The number of urea groups is 1. The Labute approximate surface area is 135 Å². The predicted octanol–water partition coefficient (Wildman–Crippen LogP) is 2.59. The first-order valence-corrected chi connectivity index (χ1v) is 8.05. The first-order valence-electron chi connectivity index (χ1n) is 8.05. The number of rotatable bonds is 3. The first kappa shape index (κ1) is 15.5. The van der Waals surface area contributed by atoms with Gasteiger partial charge in [-0.3, -0.25) is 0 Å². The van der Waals surface area contributed by atoms with E-state index in [9.17, 15) is 4.79 Å². The number of hydrogen-bond donors (Lipinski definition) is 1. The highest BCUT2D eigenvalue weighted by atomic mass is 16.5. The number of ether oxygens (including phenoxy) is 1. The van der Waals surface area contributed by atoms with Crippen molar-refractivity contribution in [3.05, 3.63) is 30.5 Å². The van der Waals surface area contributed by atoms with Gasteiger partial charge in [-0.2, -0.15) is 0 Å². The normalized spacial score (nSPS) is 15.9. The molecular formula is C17H22N4O2. The number of likely N-dealkylation sites (tertiary alicyclic amines) is 1. The molecule has 122 valence electrons. The maximum atomic E-state index is 12.0. The van der Waals surface area contributed by atoms with E-state index in [0.717, 1.165) is 23.9 Å². The molecule has 1 saturated heterocycles. The minimum Gasteiger partial charge on any atom is -0.473 e. The van der Waals surface area contributed by atoms with Crippen molar-refractivity contribution in [3.8, 4) is 5.88 Å². The van der Waals surface area contributed by atoms with Gasteiger partial charge in [0.2, 0.25) is 5.88 Å². The average Bonchev–Trinajstić information content (AvgIpc) is 2.55. The van der Waals surface area contributed by atoms with Gasteiger partial charge in [0.05, 0.1) is 17.2 Å². The lowest BCUT2D eigenvalue weighted by molar-refractivity contribution is 0.107. The number of nitrogens with one attached hydrogen (secondary N) is 1. The highest BCUT2D eigenvalue weighted by Crippen LogP contribution is 2.19. The molecule has 1 aromatic heterocycles. The number of amides is 2. The van der Waals surface area contributed by atoms with Crippen LogP contribution in [0.2, 0.25) is 0 Å². The van der Waals surface area contributed by atoms with Crippen LogP contribution in [0.3, 0.4) is 0 Å². The molecule has 1 aromatic carbocycles. The summed E-state index contributed by atoms with van der Waals surface area (Å²) >= 11 is 0. The topological polar surface area (TPSA) is 67.4 Å². The van der Waals surface area contributed by atoms with E-state index in [4.69, 9.17) is 4.74 Å². The van der Waals surface area contributed by atoms with E-state index < -0.39 is 0 Å². The molecule has 0 atom stereocenters. The molecule has 2 heterocycles. The van der Waals surface area contributed by atoms with Crippen LogP contribution < -0.4 is 10.1 Å². The molecule has 1 fully saturated rings. The van der Waals surface area contributed by atoms with E-state index in [0.29, 0.717) is 19.0 Å². The predicted molar refractivity (Wildman–Crippen MR) is 88.4 cm³/mol. The van der Waals surface area contributed by atoms with Crippen molar-refractivity contribution in [3.63, 3.8) is 0 Å². The lowest BCUT2D eigenvalue weighted by Gasteiger charge is -2.32. The van der Waals surface area contributed by atoms with Crippen LogP contribution in [0.1, 0.15) is 26.7 Å². The fourth-order valence-electron chi connectivity index (χ4n) is 2.68. The number of hydrogen-bond acceptors (Lipinski definition) is 4. The third-order valence-electron chi connectivity index (χ3n) is 3.86. The van der Waals surface area contributed by atoms with Crippen LogP contribution in [0.25, 0.3) is 11.0 Å². The van der Waals surface area contributed by atoms with E-state index in [1.165, 1.54) is 0 Å². The van der Waals surface area contributed by atoms with Gasteiger partial charge in [0, 0.05) is 32.0 Å². The summed E-state index contributed by atoms with van der Waals surface area (Å²) < 4.78 is 5.94. The van der Waals surface area contributed by atoms with Crippen LogP contribution in [-0.4, -0.2) is 46.1 Å². The van der Waals surface area contributed by atoms with Crippen LogP contribution in [0.5, 0.6) is 5.88 Å². The van der Waals surface area contributed by atoms with Crippen molar-refractivity contribution < 1.29 is 9.53 Å². The second-order valence-electron chi connectivity index (χ2n) is 6.11. The lowest BCUT2D eigenvalue weighted by Crippen LogP contribution is -2.48. The maximum absolute atomic E-state index is 12.0. The fraction of sp³-hybridized carbons (Fsp3) is 0.471. The zero-order valence-electron chi connectivity index (χ0n) is 13.5. The second kappa shape index (κ2) is 6.81. The molecule has 0 unspecified atom stereocenters. The molecular weight excluding hydrogens is 292 g/mol. The minimum atomic E-state index is 0.00365. The maximum Gasteiger partial charge on any atom is 0.317 e. The minimum absolute atomic E-state index is 0.00365. The standard InChI is InChI=1S/C17H22N4O2/c1-12(2)19-17(22)21-9-7-13(8-10-21)23-16-11-18-14-5-3-4-6-15(14)20-16/h3-6,11-13H,7-10H2,1-2H3,(H,19,22). The van der Waals surface area contributed by atoms with Crippen molar-refractivity contribution in [1.82, 2.24) is 20.2 Å². The zero-order valence-corrected chi connectivity index (χ0v) is 13.5. The van der Waals surface area contributed by atoms with E-state index in [1.54, 1.807) is 6.20 Å². The van der Waals surface area contributed by atoms with E-state index in [1.807, 2.05) is 43.0 Å². The third kappa shape index (κ3) is 3.88. The van der Waals surface area contributed by atoms with Crippen molar-refractivity contribution in [2.24, 2.45) is 0 Å². The molecule has 6 nitrogen and oxygen atoms in total. The Kier molecular flexibility index (Phi) is 4.60. The van der Waals surface area contributed by atoms with Gasteiger partial charge in [-0.25, -0.2) is 14.8 Å². The number of para-hydroxylation sites is 2. The number of benzene rings is 1. The number of carbonyl (C=O) groups excluding carboxylic acids is 1. The van der Waals surface area contributed by atoms with Gasteiger partial charge in [0.1, 0.15) is 6.10 Å². The molecule has 1 N–H and O–H groups in total. The van der Waals surface area contributed by atoms with Gasteiger partial charge in [-0.05, 0) is 26.0 Å². The molecule has 2 aromatic rings. The molecule has 0 bridgehead atoms. The molecule has 1 aliphatic rings. The van der Waals surface area contributed by atoms with Crippen molar-refractivity contribution in [2.75, 3.05) is 13.1 Å². The highest BCUT2D eigenvalue weighted by molar-refractivity contribution is 5.74. The molecule has 0 aliphatic carbocycles. The lowest BCUT2D eigenvalue weighted by atomic mass is 10.1. The van der Waals surface area contributed by atoms with Crippen LogP contribution in [0.15, 0.2) is 30.5 Å². The molecule has 0 radical (unpaired) electrons. The van der Waals surface area contributed by atoms with Crippen LogP contribution in [0, 0.1) is 0 Å². The molecule has 6 heteroatoms.